The van der Waals surface area contributed by atoms with Crippen LogP contribution in [0.2, 0.25) is 18.1 Å². The third-order valence-electron chi connectivity index (χ3n) is 8.08. The molecular weight excluding hydrogens is 525 g/mol. The summed E-state index contributed by atoms with van der Waals surface area (Å²) in [5, 5.41) is -0.0634. The van der Waals surface area contributed by atoms with Crippen molar-refractivity contribution in [2.45, 2.75) is 70.7 Å². The molecule has 0 aliphatic heterocycles. The number of pyridine rings is 1. The molecule has 1 aliphatic rings. The summed E-state index contributed by atoms with van der Waals surface area (Å²) in [6.45, 7) is 12.5. The van der Waals surface area contributed by atoms with E-state index < -0.39 is 19.9 Å². The average Bonchev–Trinajstić information content (AvgIpc) is 3.68. The van der Waals surface area contributed by atoms with E-state index in [4.69, 9.17) is 13.9 Å². The van der Waals surface area contributed by atoms with Gasteiger partial charge in [0.1, 0.15) is 17.1 Å². The minimum atomic E-state index is -2.22. The Morgan fingerprint density at radius 2 is 1.60 bits per heavy atom. The van der Waals surface area contributed by atoms with Crippen LogP contribution >= 0.6 is 0 Å². The van der Waals surface area contributed by atoms with Gasteiger partial charge in [-0.2, -0.15) is 4.39 Å². The van der Waals surface area contributed by atoms with Crippen LogP contribution in [0.5, 0.6) is 11.5 Å². The summed E-state index contributed by atoms with van der Waals surface area (Å²) in [5.74, 6) is -0.187. The van der Waals surface area contributed by atoms with E-state index in [2.05, 4.69) is 38.8 Å². The Hall–Kier alpha value is -3.36. The molecule has 1 aromatic heterocycles. The molecule has 0 radical (unpaired) electrons. The van der Waals surface area contributed by atoms with E-state index in [1.54, 1.807) is 24.3 Å². The van der Waals surface area contributed by atoms with Crippen molar-refractivity contribution in [1.29, 1.82) is 0 Å². The van der Waals surface area contributed by atoms with Gasteiger partial charge in [-0.1, -0.05) is 32.9 Å². The minimum absolute atomic E-state index is 0.0454. The molecule has 1 heterocycles. The molecule has 8 heteroatoms. The molecule has 3 aromatic rings. The van der Waals surface area contributed by atoms with Crippen LogP contribution in [-0.4, -0.2) is 44.7 Å². The number of Topliss-reactive ketones (excluding diaryl/α,β-unsaturated/α-hetero) is 2. The van der Waals surface area contributed by atoms with Gasteiger partial charge >= 0.3 is 0 Å². The molecule has 1 aliphatic carbocycles. The molecule has 0 atom stereocenters. The zero-order chi connectivity index (χ0) is 29.5. The predicted molar refractivity (Wildman–Crippen MR) is 157 cm³/mol. The van der Waals surface area contributed by atoms with Gasteiger partial charge in [-0.05, 0) is 79.4 Å². The molecule has 2 aromatic carbocycles. The highest BCUT2D eigenvalue weighted by atomic mass is 28.4. The second kappa shape index (κ2) is 10.9. The lowest BCUT2D eigenvalue weighted by Crippen LogP contribution is -2.47. The zero-order valence-electron chi connectivity index (χ0n) is 24.6. The maximum absolute atomic E-state index is 15.4. The summed E-state index contributed by atoms with van der Waals surface area (Å²) in [5.41, 5.74) is 2.21. The lowest BCUT2D eigenvalue weighted by Gasteiger charge is -2.39. The van der Waals surface area contributed by atoms with E-state index in [-0.39, 0.29) is 28.6 Å². The third-order valence-corrected chi connectivity index (χ3v) is 12.6. The van der Waals surface area contributed by atoms with E-state index >= 15 is 4.39 Å². The Balaban J connectivity index is 1.57. The predicted octanol–water partition coefficient (Wildman–Crippen LogP) is 7.38. The maximum atomic E-state index is 15.4. The number of hydrogen-bond donors (Lipinski definition) is 0. The topological polar surface area (TPSA) is 74.7 Å². The molecule has 0 bridgehead atoms. The van der Waals surface area contributed by atoms with Crippen molar-refractivity contribution in [1.82, 2.24) is 4.98 Å². The average molecular weight is 564 g/mol. The van der Waals surface area contributed by atoms with Crippen molar-refractivity contribution >= 4 is 19.9 Å². The summed E-state index contributed by atoms with van der Waals surface area (Å²) in [6, 6.07) is 13.8. The van der Waals surface area contributed by atoms with Crippen LogP contribution in [0.1, 0.15) is 65.5 Å². The quantitative estimate of drug-likeness (QED) is 0.146. The number of aromatic nitrogens is 1. The second-order valence-corrected chi connectivity index (χ2v) is 16.8. The van der Waals surface area contributed by atoms with Crippen LogP contribution in [0.15, 0.2) is 48.5 Å². The number of benzene rings is 2. The highest BCUT2D eigenvalue weighted by Crippen LogP contribution is 2.49. The minimum Gasteiger partial charge on any atom is -0.497 e. The number of rotatable bonds is 10. The van der Waals surface area contributed by atoms with Gasteiger partial charge in [-0.15, -0.1) is 0 Å². The molecular formula is C32H38FNO5Si. The van der Waals surface area contributed by atoms with Gasteiger partial charge in [-0.25, -0.2) is 4.98 Å². The summed E-state index contributed by atoms with van der Waals surface area (Å²) >= 11 is 0. The van der Waals surface area contributed by atoms with E-state index in [0.717, 1.165) is 11.1 Å². The number of carbonyl (C=O) groups is 2. The Kier molecular flexibility index (Phi) is 8.07. The smallest absolute Gasteiger partial charge is 0.224 e. The number of aryl methyl sites for hydroxylation is 1. The van der Waals surface area contributed by atoms with Crippen LogP contribution in [0.3, 0.4) is 0 Å². The van der Waals surface area contributed by atoms with Crippen LogP contribution in [0.4, 0.5) is 4.39 Å². The number of nitrogens with zero attached hydrogens (tertiary/aromatic N) is 1. The van der Waals surface area contributed by atoms with Crippen LogP contribution in [-0.2, 0) is 10.8 Å². The normalized spacial score (nSPS) is 14.5. The standard InChI is InChI=1S/C32H38FNO5Si/c1-20-9-10-21(16-28(35)22-17-23(37-5)19-24(18-22)38-6)15-26(20)27-12-11-25(30(33)34-27)29(36)32(13-14-32)39-40(7,8)31(2,3)4/h9-12,15,17-19H,13-14,16H2,1-8H3. The fourth-order valence-electron chi connectivity index (χ4n) is 4.44. The van der Waals surface area contributed by atoms with Crippen molar-refractivity contribution in [3.05, 3.63) is 76.7 Å². The first-order chi connectivity index (χ1) is 18.7. The van der Waals surface area contributed by atoms with Gasteiger partial charge in [0.05, 0.1) is 25.5 Å². The van der Waals surface area contributed by atoms with E-state index in [1.807, 2.05) is 25.1 Å². The fraction of sp³-hybridized carbons (Fsp3) is 0.406. The highest BCUT2D eigenvalue weighted by molar-refractivity contribution is 6.74. The van der Waals surface area contributed by atoms with Crippen molar-refractivity contribution < 1.29 is 27.9 Å². The van der Waals surface area contributed by atoms with Crippen molar-refractivity contribution in [2.24, 2.45) is 0 Å². The van der Waals surface area contributed by atoms with Crippen molar-refractivity contribution in [3.63, 3.8) is 0 Å². The number of hydrogen-bond acceptors (Lipinski definition) is 6. The van der Waals surface area contributed by atoms with Crippen LogP contribution < -0.4 is 9.47 Å². The third kappa shape index (κ3) is 6.03. The van der Waals surface area contributed by atoms with Gasteiger partial charge in [0.15, 0.2) is 19.9 Å². The molecule has 0 unspecified atom stereocenters. The molecule has 40 heavy (non-hydrogen) atoms. The first-order valence-corrected chi connectivity index (χ1v) is 16.4. The van der Waals surface area contributed by atoms with Crippen molar-refractivity contribution in [2.75, 3.05) is 14.2 Å². The number of carbonyl (C=O) groups excluding carboxylic acids is 2. The zero-order valence-corrected chi connectivity index (χ0v) is 25.6. The maximum Gasteiger partial charge on any atom is 0.224 e. The molecule has 4 rings (SSSR count). The molecule has 1 saturated carbocycles. The number of halogens is 1. The molecule has 0 spiro atoms. The molecule has 0 N–H and O–H groups in total. The monoisotopic (exact) mass is 563 g/mol. The van der Waals surface area contributed by atoms with Gasteiger partial charge in [0.25, 0.3) is 0 Å². The summed E-state index contributed by atoms with van der Waals surface area (Å²) in [7, 11) is 0.845. The van der Waals surface area contributed by atoms with Gasteiger partial charge in [-0.3, -0.25) is 9.59 Å². The largest absolute Gasteiger partial charge is 0.497 e. The Morgan fingerprint density at radius 1 is 0.975 bits per heavy atom. The summed E-state index contributed by atoms with van der Waals surface area (Å²) in [4.78, 5) is 30.7. The molecule has 6 nitrogen and oxygen atoms in total. The van der Waals surface area contributed by atoms with E-state index in [0.29, 0.717) is 41.2 Å². The first-order valence-electron chi connectivity index (χ1n) is 13.5. The molecule has 0 saturated heterocycles. The first kappa shape index (κ1) is 29.6. The SMILES string of the molecule is COc1cc(OC)cc(C(=O)Cc2ccc(C)c(-c3ccc(C(=O)C4(O[Si](C)(C)C(C)(C)C)CC4)c(F)n3)c2)c1. The van der Waals surface area contributed by atoms with Gasteiger partial charge in [0, 0.05) is 23.6 Å². The molecule has 0 amide bonds. The second-order valence-electron chi connectivity index (χ2n) is 12.1. The number of ketones is 2. The van der Waals surface area contributed by atoms with Crippen LogP contribution in [0.25, 0.3) is 11.3 Å². The Morgan fingerprint density at radius 3 is 2.12 bits per heavy atom. The van der Waals surface area contributed by atoms with Gasteiger partial charge in [0.2, 0.25) is 5.95 Å². The molecule has 1 fully saturated rings. The fourth-order valence-corrected chi connectivity index (χ4v) is 6.02. The van der Waals surface area contributed by atoms with Gasteiger partial charge < -0.3 is 13.9 Å². The lowest BCUT2D eigenvalue weighted by atomic mass is 9.96. The highest BCUT2D eigenvalue weighted by Gasteiger charge is 2.56. The Bertz CT molecular complexity index is 1430. The summed E-state index contributed by atoms with van der Waals surface area (Å²) < 4.78 is 32.4. The summed E-state index contributed by atoms with van der Waals surface area (Å²) in [6.07, 6.45) is 1.32. The van der Waals surface area contributed by atoms with Crippen molar-refractivity contribution in [3.8, 4) is 22.8 Å². The molecule has 212 valence electrons. The van der Waals surface area contributed by atoms with E-state index in [9.17, 15) is 9.59 Å². The Labute approximate surface area is 237 Å². The number of methoxy groups -OCH3 is 2. The van der Waals surface area contributed by atoms with E-state index in [1.165, 1.54) is 20.3 Å². The number of ether oxygens (including phenoxy) is 2. The van der Waals surface area contributed by atoms with Crippen LogP contribution in [0, 0.1) is 12.9 Å². The lowest BCUT2D eigenvalue weighted by molar-refractivity contribution is 0.0709.